The van der Waals surface area contributed by atoms with Crippen LogP contribution >= 0.6 is 11.6 Å². The normalized spacial score (nSPS) is 10.9. The van der Waals surface area contributed by atoms with Gasteiger partial charge in [-0.2, -0.15) is 0 Å². The van der Waals surface area contributed by atoms with Crippen molar-refractivity contribution in [2.45, 2.75) is 26.9 Å². The smallest absolute Gasteiger partial charge is 0.251 e. The molecule has 158 valence electrons. The fourth-order valence-electron chi connectivity index (χ4n) is 3.61. The molecule has 0 saturated heterocycles. The summed E-state index contributed by atoms with van der Waals surface area (Å²) in [6, 6.07) is 21.0. The first-order valence-corrected chi connectivity index (χ1v) is 10.6. The molecule has 0 saturated carbocycles. The van der Waals surface area contributed by atoms with Gasteiger partial charge in [-0.05, 0) is 55.8 Å². The summed E-state index contributed by atoms with van der Waals surface area (Å²) >= 11 is 6.00. The van der Waals surface area contributed by atoms with Crippen LogP contribution in [0.25, 0.3) is 11.0 Å². The van der Waals surface area contributed by atoms with Gasteiger partial charge in [0.15, 0.2) is 0 Å². The van der Waals surface area contributed by atoms with E-state index in [1.165, 1.54) is 5.56 Å². The summed E-state index contributed by atoms with van der Waals surface area (Å²) in [5, 5.41) is 3.48. The highest BCUT2D eigenvalue weighted by molar-refractivity contribution is 6.30. The summed E-state index contributed by atoms with van der Waals surface area (Å²) < 4.78 is 8.12. The lowest BCUT2D eigenvalue weighted by Crippen LogP contribution is -2.25. The summed E-state index contributed by atoms with van der Waals surface area (Å²) in [6.07, 6.45) is 0. The van der Waals surface area contributed by atoms with Crippen LogP contribution in [0.15, 0.2) is 66.7 Å². The number of benzene rings is 3. The number of fused-ring (bicyclic) bond motifs is 1. The number of hydrogen-bond donors (Lipinski definition) is 1. The van der Waals surface area contributed by atoms with Gasteiger partial charge < -0.3 is 14.6 Å². The van der Waals surface area contributed by atoms with E-state index in [1.54, 1.807) is 24.3 Å². The Labute approximate surface area is 186 Å². The number of rotatable bonds is 7. The molecule has 3 aromatic carbocycles. The number of carbonyl (C=O) groups excluding carboxylic acids is 1. The second-order valence-corrected chi connectivity index (χ2v) is 7.92. The number of nitrogens with one attached hydrogen (secondary N) is 1. The molecule has 4 aromatic rings. The second-order valence-electron chi connectivity index (χ2n) is 7.48. The van der Waals surface area contributed by atoms with Crippen molar-refractivity contribution in [3.05, 3.63) is 94.3 Å². The zero-order valence-corrected chi connectivity index (χ0v) is 18.3. The topological polar surface area (TPSA) is 56.1 Å². The molecular weight excluding hydrogens is 410 g/mol. The van der Waals surface area contributed by atoms with Crippen molar-refractivity contribution < 1.29 is 9.53 Å². The maximum atomic E-state index is 12.5. The van der Waals surface area contributed by atoms with Crippen molar-refractivity contribution in [2.75, 3.05) is 6.61 Å². The molecule has 0 aliphatic rings. The lowest BCUT2D eigenvalue weighted by Gasteiger charge is -2.13. The van der Waals surface area contributed by atoms with Crippen LogP contribution in [0.4, 0.5) is 0 Å². The highest BCUT2D eigenvalue weighted by atomic mass is 35.5. The van der Waals surface area contributed by atoms with Gasteiger partial charge in [-0.3, -0.25) is 4.79 Å². The molecule has 0 fully saturated rings. The highest BCUT2D eigenvalue weighted by Gasteiger charge is 2.13. The van der Waals surface area contributed by atoms with E-state index in [-0.39, 0.29) is 5.91 Å². The fourth-order valence-corrected chi connectivity index (χ4v) is 3.80. The lowest BCUT2D eigenvalue weighted by molar-refractivity contribution is 0.0949. The van der Waals surface area contributed by atoms with Gasteiger partial charge in [0.1, 0.15) is 18.2 Å². The summed E-state index contributed by atoms with van der Waals surface area (Å²) in [5.41, 5.74) is 4.75. The Morgan fingerprint density at radius 1 is 1.06 bits per heavy atom. The summed E-state index contributed by atoms with van der Waals surface area (Å²) in [4.78, 5) is 17.2. The van der Waals surface area contributed by atoms with E-state index in [0.29, 0.717) is 30.3 Å². The number of nitrogens with zero attached hydrogens (tertiary/aromatic N) is 2. The Morgan fingerprint density at radius 3 is 2.71 bits per heavy atom. The Morgan fingerprint density at radius 2 is 1.90 bits per heavy atom. The van der Waals surface area contributed by atoms with Gasteiger partial charge in [0.2, 0.25) is 0 Å². The Bertz CT molecular complexity index is 1230. The van der Waals surface area contributed by atoms with Crippen molar-refractivity contribution in [2.24, 2.45) is 0 Å². The zero-order valence-electron chi connectivity index (χ0n) is 17.6. The molecule has 1 N–H and O–H groups in total. The molecule has 0 aliphatic heterocycles. The average Bonchev–Trinajstić information content (AvgIpc) is 3.11. The van der Waals surface area contributed by atoms with Gasteiger partial charge in [-0.25, -0.2) is 4.98 Å². The largest absolute Gasteiger partial charge is 0.491 e. The molecule has 1 heterocycles. The number of amides is 1. The average molecular weight is 434 g/mol. The summed E-state index contributed by atoms with van der Waals surface area (Å²) in [5.74, 6) is 1.47. The third-order valence-electron chi connectivity index (χ3n) is 5.13. The molecule has 0 aliphatic carbocycles. The molecule has 0 unspecified atom stereocenters. The van der Waals surface area contributed by atoms with Crippen LogP contribution in [0.2, 0.25) is 5.02 Å². The van der Waals surface area contributed by atoms with E-state index in [9.17, 15) is 4.79 Å². The third kappa shape index (κ3) is 4.89. The highest BCUT2D eigenvalue weighted by Crippen LogP contribution is 2.20. The number of imidazole rings is 1. The van der Waals surface area contributed by atoms with Crippen LogP contribution in [0, 0.1) is 13.8 Å². The number of hydrogen-bond acceptors (Lipinski definition) is 3. The monoisotopic (exact) mass is 433 g/mol. The van der Waals surface area contributed by atoms with Crippen LogP contribution in [-0.2, 0) is 13.1 Å². The van der Waals surface area contributed by atoms with Gasteiger partial charge in [0.05, 0.1) is 24.1 Å². The molecule has 6 heteroatoms. The van der Waals surface area contributed by atoms with Crippen molar-refractivity contribution in [1.29, 1.82) is 0 Å². The van der Waals surface area contributed by atoms with E-state index >= 15 is 0 Å². The quantitative estimate of drug-likeness (QED) is 0.429. The molecule has 0 spiro atoms. The van der Waals surface area contributed by atoms with E-state index in [4.69, 9.17) is 21.3 Å². The Balaban J connectivity index is 1.49. The number of ether oxygens (including phenoxy) is 1. The number of aryl methyl sites for hydroxylation is 2. The van der Waals surface area contributed by atoms with E-state index in [2.05, 4.69) is 22.9 Å². The zero-order chi connectivity index (χ0) is 21.8. The SMILES string of the molecule is Cc1ccc(OCCn2c(CNC(=O)c3cccc(Cl)c3)nc3ccccc32)c(C)c1. The minimum Gasteiger partial charge on any atom is -0.491 e. The summed E-state index contributed by atoms with van der Waals surface area (Å²) in [6.45, 7) is 5.55. The van der Waals surface area contributed by atoms with Gasteiger partial charge in [-0.1, -0.05) is 47.5 Å². The van der Waals surface area contributed by atoms with Crippen LogP contribution in [0.5, 0.6) is 5.75 Å². The minimum atomic E-state index is -0.187. The van der Waals surface area contributed by atoms with Crippen LogP contribution < -0.4 is 10.1 Å². The van der Waals surface area contributed by atoms with Crippen LogP contribution in [0.1, 0.15) is 27.3 Å². The first-order chi connectivity index (χ1) is 15.0. The predicted molar refractivity (Wildman–Crippen MR) is 124 cm³/mol. The molecule has 31 heavy (non-hydrogen) atoms. The van der Waals surface area contributed by atoms with E-state index in [1.807, 2.05) is 43.3 Å². The number of halogens is 1. The molecule has 1 aromatic heterocycles. The fraction of sp³-hybridized carbons (Fsp3) is 0.200. The molecule has 0 bridgehead atoms. The second kappa shape index (κ2) is 9.23. The number of aromatic nitrogens is 2. The Hall–Kier alpha value is -3.31. The van der Waals surface area contributed by atoms with Crippen molar-refractivity contribution in [1.82, 2.24) is 14.9 Å². The molecule has 1 amide bonds. The molecular formula is C25H24ClN3O2. The molecule has 0 atom stereocenters. The first kappa shape index (κ1) is 20.9. The number of para-hydroxylation sites is 2. The number of carbonyl (C=O) groups is 1. The van der Waals surface area contributed by atoms with Crippen LogP contribution in [0.3, 0.4) is 0 Å². The minimum absolute atomic E-state index is 0.187. The van der Waals surface area contributed by atoms with E-state index in [0.717, 1.165) is 28.2 Å². The molecule has 4 rings (SSSR count). The lowest BCUT2D eigenvalue weighted by atomic mass is 10.1. The van der Waals surface area contributed by atoms with Crippen LogP contribution in [-0.4, -0.2) is 22.1 Å². The predicted octanol–water partition coefficient (Wildman–Crippen LogP) is 5.32. The van der Waals surface area contributed by atoms with Gasteiger partial charge in [0.25, 0.3) is 5.91 Å². The van der Waals surface area contributed by atoms with Crippen molar-refractivity contribution in [3.63, 3.8) is 0 Å². The van der Waals surface area contributed by atoms with Gasteiger partial charge in [-0.15, -0.1) is 0 Å². The molecule has 5 nitrogen and oxygen atoms in total. The Kier molecular flexibility index (Phi) is 6.23. The van der Waals surface area contributed by atoms with Crippen molar-refractivity contribution >= 4 is 28.5 Å². The van der Waals surface area contributed by atoms with E-state index < -0.39 is 0 Å². The summed E-state index contributed by atoms with van der Waals surface area (Å²) in [7, 11) is 0. The van der Waals surface area contributed by atoms with Crippen molar-refractivity contribution in [3.8, 4) is 5.75 Å². The van der Waals surface area contributed by atoms with Gasteiger partial charge in [0, 0.05) is 10.6 Å². The first-order valence-electron chi connectivity index (χ1n) is 10.2. The van der Waals surface area contributed by atoms with Gasteiger partial charge >= 0.3 is 0 Å². The third-order valence-corrected chi connectivity index (χ3v) is 5.37. The molecule has 0 radical (unpaired) electrons. The maximum absolute atomic E-state index is 12.5. The standard InChI is InChI=1S/C25H24ClN3O2/c1-17-10-11-23(18(2)14-17)31-13-12-29-22-9-4-3-8-21(22)28-24(29)16-27-25(30)19-6-5-7-20(26)15-19/h3-11,14-15H,12-13,16H2,1-2H3,(H,27,30). The maximum Gasteiger partial charge on any atom is 0.251 e.